The topological polar surface area (TPSA) is 95.3 Å². The maximum absolute atomic E-state index is 14.0. The fourth-order valence-electron chi connectivity index (χ4n) is 4.63. The molecule has 0 N–H and O–H groups in total. The molecular formula is C28H24N3NaO4S. The third-order valence-electron chi connectivity index (χ3n) is 6.46. The van der Waals surface area contributed by atoms with Crippen molar-refractivity contribution in [3.05, 3.63) is 102 Å². The molecule has 0 amide bonds. The predicted octanol–water partition coefficient (Wildman–Crippen LogP) is 1.28. The van der Waals surface area contributed by atoms with Crippen molar-refractivity contribution < 1.29 is 47.9 Å². The van der Waals surface area contributed by atoms with E-state index >= 15 is 0 Å². The maximum atomic E-state index is 14.0. The van der Waals surface area contributed by atoms with Gasteiger partial charge in [0.05, 0.1) is 17.4 Å². The number of nitrogens with zero attached hydrogens (tertiary/aromatic N) is 3. The van der Waals surface area contributed by atoms with Crippen molar-refractivity contribution in [2.24, 2.45) is 0 Å². The average molecular weight is 522 g/mol. The molecule has 0 unspecified atom stereocenters. The second-order valence-electron chi connectivity index (χ2n) is 8.56. The van der Waals surface area contributed by atoms with E-state index in [1.807, 2.05) is 68.4 Å². The number of anilines is 1. The van der Waals surface area contributed by atoms with Crippen LogP contribution in [0.2, 0.25) is 0 Å². The van der Waals surface area contributed by atoms with Crippen LogP contribution in [-0.4, -0.2) is 23.9 Å². The summed E-state index contributed by atoms with van der Waals surface area (Å²) in [6.07, 6.45) is 1.68. The van der Waals surface area contributed by atoms with E-state index in [1.54, 1.807) is 6.20 Å². The van der Waals surface area contributed by atoms with Crippen LogP contribution in [0.3, 0.4) is 0 Å². The minimum absolute atomic E-state index is 0. The number of aromatic nitrogens is 2. The Bertz CT molecular complexity index is 1710. The number of pyridine rings is 1. The smallest absolute Gasteiger partial charge is 0.545 e. The number of rotatable bonds is 7. The van der Waals surface area contributed by atoms with Gasteiger partial charge in [-0.3, -0.25) is 0 Å². The molecule has 0 fully saturated rings. The quantitative estimate of drug-likeness (QED) is 0.301. The van der Waals surface area contributed by atoms with Crippen molar-refractivity contribution in [2.75, 3.05) is 4.31 Å². The number of aryl methyl sites for hydroxylation is 2. The summed E-state index contributed by atoms with van der Waals surface area (Å²) < 4.78 is 31.5. The molecule has 0 aliphatic carbocycles. The van der Waals surface area contributed by atoms with Crippen LogP contribution in [0.25, 0.3) is 21.7 Å². The van der Waals surface area contributed by atoms with E-state index in [1.165, 1.54) is 28.6 Å². The number of carboxylic acid groups (broad SMARTS) is 1. The third kappa shape index (κ3) is 4.90. The third-order valence-corrected chi connectivity index (χ3v) is 8.21. The molecule has 2 heterocycles. The molecule has 0 saturated carbocycles. The van der Waals surface area contributed by atoms with Crippen LogP contribution in [0.1, 0.15) is 28.5 Å². The number of carbonyl (C=O) groups is 1. The molecule has 0 radical (unpaired) electrons. The van der Waals surface area contributed by atoms with E-state index in [-0.39, 0.29) is 46.6 Å². The van der Waals surface area contributed by atoms with Gasteiger partial charge in [-0.05, 0) is 54.4 Å². The van der Waals surface area contributed by atoms with Gasteiger partial charge in [-0.25, -0.2) is 17.7 Å². The van der Waals surface area contributed by atoms with Gasteiger partial charge in [0.2, 0.25) is 0 Å². The number of para-hydroxylation sites is 1. The van der Waals surface area contributed by atoms with Crippen LogP contribution in [0.4, 0.5) is 5.82 Å². The molecule has 0 atom stereocenters. The molecular weight excluding hydrogens is 497 g/mol. The fourth-order valence-corrected chi connectivity index (χ4v) is 6.08. The van der Waals surface area contributed by atoms with Crippen LogP contribution in [0.5, 0.6) is 0 Å². The number of hydrogen-bond donors (Lipinski definition) is 0. The molecule has 3 aromatic carbocycles. The van der Waals surface area contributed by atoms with Crippen LogP contribution in [-0.2, 0) is 23.1 Å². The van der Waals surface area contributed by atoms with Crippen molar-refractivity contribution in [2.45, 2.75) is 31.8 Å². The first-order chi connectivity index (χ1) is 17.3. The molecule has 5 aromatic rings. The Morgan fingerprint density at radius 1 is 0.973 bits per heavy atom. The Morgan fingerprint density at radius 2 is 1.62 bits per heavy atom. The van der Waals surface area contributed by atoms with Gasteiger partial charge in [-0.1, -0.05) is 54.6 Å². The molecule has 9 heteroatoms. The van der Waals surface area contributed by atoms with E-state index in [0.717, 1.165) is 32.9 Å². The van der Waals surface area contributed by atoms with Gasteiger partial charge in [-0.15, -0.1) is 0 Å². The average Bonchev–Trinajstić information content (AvgIpc) is 3.25. The molecule has 2 aromatic heterocycles. The number of sulfonamides is 1. The van der Waals surface area contributed by atoms with Crippen molar-refractivity contribution in [1.29, 1.82) is 0 Å². The summed E-state index contributed by atoms with van der Waals surface area (Å²) in [5.41, 5.74) is 2.49. The molecule has 0 bridgehead atoms. The molecule has 37 heavy (non-hydrogen) atoms. The Balaban J connectivity index is 0.00000320. The van der Waals surface area contributed by atoms with E-state index in [9.17, 15) is 18.3 Å². The van der Waals surface area contributed by atoms with Crippen LogP contribution < -0.4 is 39.0 Å². The summed E-state index contributed by atoms with van der Waals surface area (Å²) in [4.78, 5) is 15.8. The molecule has 7 nitrogen and oxygen atoms in total. The van der Waals surface area contributed by atoms with Gasteiger partial charge in [0, 0.05) is 34.9 Å². The Labute approximate surface area is 237 Å². The Hall–Kier alpha value is -3.17. The maximum Gasteiger partial charge on any atom is 1.00 e. The first kappa shape index (κ1) is 26.9. The number of aromatic carboxylic acids is 1. The van der Waals surface area contributed by atoms with E-state index in [4.69, 9.17) is 0 Å². The molecule has 5 rings (SSSR count). The fraction of sp³-hybridized carbons (Fsp3) is 0.143. The van der Waals surface area contributed by atoms with Gasteiger partial charge in [0.15, 0.2) is 0 Å². The molecule has 0 aliphatic rings. The van der Waals surface area contributed by atoms with E-state index in [2.05, 4.69) is 9.55 Å². The standard InChI is InChI=1S/C28H25N3O4S.Na/c1-3-30-23(16-21-8-5-7-11-26(21)30)18-31(27-19(2)25-10-6-4-9-22(25)17-29-27)36(34,35)24-14-12-20(13-15-24)28(32)33;/h4-17H,3,18H2,1-2H3,(H,32,33);/q;+1/p-1. The molecule has 0 aliphatic heterocycles. The first-order valence-electron chi connectivity index (χ1n) is 11.6. The molecule has 0 spiro atoms. The second-order valence-corrected chi connectivity index (χ2v) is 10.4. The van der Waals surface area contributed by atoms with E-state index < -0.39 is 16.0 Å². The van der Waals surface area contributed by atoms with Gasteiger partial charge >= 0.3 is 29.6 Å². The molecule has 182 valence electrons. The number of fused-ring (bicyclic) bond motifs is 2. The predicted molar refractivity (Wildman–Crippen MR) is 138 cm³/mol. The van der Waals surface area contributed by atoms with Crippen molar-refractivity contribution in [3.63, 3.8) is 0 Å². The molecule has 0 saturated heterocycles. The van der Waals surface area contributed by atoms with Crippen LogP contribution in [0.15, 0.2) is 90.0 Å². The van der Waals surface area contributed by atoms with Crippen LogP contribution in [0, 0.1) is 6.92 Å². The minimum atomic E-state index is -4.10. The Kier molecular flexibility index (Phi) is 7.75. The summed E-state index contributed by atoms with van der Waals surface area (Å²) in [5.74, 6) is -1.04. The zero-order valence-electron chi connectivity index (χ0n) is 20.9. The zero-order valence-corrected chi connectivity index (χ0v) is 23.7. The van der Waals surface area contributed by atoms with Gasteiger partial charge in [-0.2, -0.15) is 0 Å². The monoisotopic (exact) mass is 521 g/mol. The summed E-state index contributed by atoms with van der Waals surface area (Å²) >= 11 is 0. The zero-order chi connectivity index (χ0) is 25.4. The second kappa shape index (κ2) is 10.7. The largest absolute Gasteiger partial charge is 1.00 e. The number of carboxylic acids is 1. The van der Waals surface area contributed by atoms with Crippen molar-refractivity contribution >= 4 is 43.5 Å². The van der Waals surface area contributed by atoms with Crippen molar-refractivity contribution in [3.8, 4) is 0 Å². The minimum Gasteiger partial charge on any atom is -0.545 e. The number of carbonyl (C=O) groups excluding carboxylic acids is 1. The first-order valence-corrected chi connectivity index (χ1v) is 13.0. The number of hydrogen-bond acceptors (Lipinski definition) is 5. The van der Waals surface area contributed by atoms with Gasteiger partial charge < -0.3 is 14.5 Å². The number of benzene rings is 3. The summed E-state index contributed by atoms with van der Waals surface area (Å²) in [6, 6.07) is 22.7. The van der Waals surface area contributed by atoms with Gasteiger partial charge in [0.1, 0.15) is 5.82 Å². The van der Waals surface area contributed by atoms with Gasteiger partial charge in [0.25, 0.3) is 10.0 Å². The summed E-state index contributed by atoms with van der Waals surface area (Å²) in [6.45, 7) is 4.61. The summed E-state index contributed by atoms with van der Waals surface area (Å²) in [5, 5.41) is 14.0. The van der Waals surface area contributed by atoms with Crippen LogP contribution >= 0.6 is 0 Å². The summed E-state index contributed by atoms with van der Waals surface area (Å²) in [7, 11) is -4.10. The Morgan fingerprint density at radius 3 is 2.30 bits per heavy atom. The van der Waals surface area contributed by atoms with E-state index in [0.29, 0.717) is 12.4 Å². The SMILES string of the molecule is CCn1c(CN(c2ncc3ccccc3c2C)S(=O)(=O)c2ccc(C(=O)[O-])cc2)cc2ccccc21.[Na+]. The van der Waals surface area contributed by atoms with Crippen molar-refractivity contribution in [1.82, 2.24) is 9.55 Å². The normalized spacial score (nSPS) is 11.4.